The Kier molecular flexibility index (Phi) is 4.49. The first-order valence-electron chi connectivity index (χ1n) is 6.52. The minimum absolute atomic E-state index is 0.0107. The third-order valence-electron chi connectivity index (χ3n) is 3.44. The number of nitrogens with one attached hydrogen (secondary N) is 1. The molecule has 0 amide bonds. The molecule has 24 heavy (non-hydrogen) atoms. The monoisotopic (exact) mass is 382 g/mol. The molecule has 3 heterocycles. The molecule has 0 aromatic carbocycles. The van der Waals surface area contributed by atoms with Crippen molar-refractivity contribution in [3.05, 3.63) is 22.0 Å². The van der Waals surface area contributed by atoms with Crippen molar-refractivity contribution in [3.63, 3.8) is 0 Å². The molecule has 0 spiro atoms. The van der Waals surface area contributed by atoms with E-state index in [4.69, 9.17) is 26.1 Å². The van der Waals surface area contributed by atoms with Gasteiger partial charge in [0.25, 0.3) is 5.56 Å². The molecule has 2 aromatic rings. The summed E-state index contributed by atoms with van der Waals surface area (Å²) in [6.45, 7) is -0.669. The van der Waals surface area contributed by atoms with Crippen molar-refractivity contribution in [2.45, 2.75) is 24.5 Å². The van der Waals surface area contributed by atoms with Crippen LogP contribution in [0.4, 0.5) is 0 Å². The first kappa shape index (κ1) is 17.5. The SMILES string of the molecule is O=c1[nH]cnc2c1nc(Cl)n2[C@@H]1O[C@H](COP(=O)(O)O)[C@@H](O)[C@H]1O. The van der Waals surface area contributed by atoms with E-state index < -0.39 is 44.5 Å². The van der Waals surface area contributed by atoms with Crippen molar-refractivity contribution in [1.82, 2.24) is 19.5 Å². The van der Waals surface area contributed by atoms with Gasteiger partial charge in [-0.1, -0.05) is 0 Å². The van der Waals surface area contributed by atoms with Crippen LogP contribution >= 0.6 is 19.4 Å². The number of phosphoric acid groups is 1. The van der Waals surface area contributed by atoms with Crippen molar-refractivity contribution < 1.29 is 33.8 Å². The van der Waals surface area contributed by atoms with Gasteiger partial charge in [0, 0.05) is 0 Å². The van der Waals surface area contributed by atoms with E-state index >= 15 is 0 Å². The van der Waals surface area contributed by atoms with Crippen LogP contribution < -0.4 is 5.56 Å². The number of hydrogen-bond acceptors (Lipinski definition) is 8. The third kappa shape index (κ3) is 3.10. The number of aromatic amines is 1. The molecule has 0 unspecified atom stereocenters. The van der Waals surface area contributed by atoms with Gasteiger partial charge >= 0.3 is 7.82 Å². The highest BCUT2D eigenvalue weighted by Crippen LogP contribution is 2.39. The highest BCUT2D eigenvalue weighted by Gasteiger charge is 2.46. The van der Waals surface area contributed by atoms with Gasteiger partial charge < -0.3 is 29.7 Å². The van der Waals surface area contributed by atoms with Gasteiger partial charge in [-0.2, -0.15) is 0 Å². The van der Waals surface area contributed by atoms with Crippen molar-refractivity contribution in [3.8, 4) is 0 Å². The van der Waals surface area contributed by atoms with Gasteiger partial charge in [-0.25, -0.2) is 14.5 Å². The van der Waals surface area contributed by atoms with E-state index in [2.05, 4.69) is 19.5 Å². The largest absolute Gasteiger partial charge is 0.469 e. The van der Waals surface area contributed by atoms with Crippen LogP contribution in [0.5, 0.6) is 0 Å². The highest BCUT2D eigenvalue weighted by atomic mass is 35.5. The zero-order valence-electron chi connectivity index (χ0n) is 11.7. The number of ether oxygens (including phenoxy) is 1. The molecule has 1 aliphatic rings. The van der Waals surface area contributed by atoms with E-state index in [0.29, 0.717) is 0 Å². The molecular formula is C10H12ClN4O8P. The van der Waals surface area contributed by atoms with Crippen LogP contribution in [0.25, 0.3) is 11.2 Å². The second-order valence-electron chi connectivity index (χ2n) is 4.99. The normalized spacial score (nSPS) is 27.9. The van der Waals surface area contributed by atoms with Crippen LogP contribution in [0.3, 0.4) is 0 Å². The molecule has 14 heteroatoms. The fourth-order valence-corrected chi connectivity index (χ4v) is 2.97. The average Bonchev–Trinajstić information content (AvgIpc) is 2.96. The van der Waals surface area contributed by atoms with Crippen LogP contribution in [-0.4, -0.2) is 64.4 Å². The van der Waals surface area contributed by atoms with E-state index in [-0.39, 0.29) is 16.4 Å². The summed E-state index contributed by atoms with van der Waals surface area (Å²) in [5.74, 6) is 0. The lowest BCUT2D eigenvalue weighted by atomic mass is 10.1. The van der Waals surface area contributed by atoms with Gasteiger partial charge in [-0.05, 0) is 11.6 Å². The van der Waals surface area contributed by atoms with Crippen LogP contribution in [0.1, 0.15) is 6.23 Å². The molecule has 1 saturated heterocycles. The maximum Gasteiger partial charge on any atom is 0.469 e. The maximum absolute atomic E-state index is 11.7. The Balaban J connectivity index is 1.93. The smallest absolute Gasteiger partial charge is 0.387 e. The summed E-state index contributed by atoms with van der Waals surface area (Å²) in [4.78, 5) is 39.1. The molecule has 0 radical (unpaired) electrons. The van der Waals surface area contributed by atoms with Gasteiger partial charge in [0.2, 0.25) is 5.28 Å². The molecule has 5 N–H and O–H groups in total. The molecule has 12 nitrogen and oxygen atoms in total. The lowest BCUT2D eigenvalue weighted by Gasteiger charge is -2.17. The Morgan fingerprint density at radius 3 is 2.79 bits per heavy atom. The second-order valence-corrected chi connectivity index (χ2v) is 6.56. The zero-order chi connectivity index (χ0) is 17.6. The molecule has 2 aromatic heterocycles. The molecule has 3 rings (SSSR count). The topological polar surface area (TPSA) is 180 Å². The summed E-state index contributed by atoms with van der Waals surface area (Å²) in [5, 5.41) is 19.9. The first-order valence-corrected chi connectivity index (χ1v) is 8.42. The number of aliphatic hydroxyl groups excluding tert-OH is 2. The Hall–Kier alpha value is -1.37. The number of aromatic nitrogens is 4. The number of halogens is 1. The number of aliphatic hydroxyl groups is 2. The summed E-state index contributed by atoms with van der Waals surface area (Å²) < 4.78 is 21.5. The quantitative estimate of drug-likeness (QED) is 0.308. The van der Waals surface area contributed by atoms with E-state index in [1.165, 1.54) is 0 Å². The molecule has 1 aliphatic heterocycles. The van der Waals surface area contributed by atoms with Crippen LogP contribution in [-0.2, 0) is 13.8 Å². The van der Waals surface area contributed by atoms with E-state index in [0.717, 1.165) is 10.9 Å². The molecule has 0 aliphatic carbocycles. The molecule has 0 bridgehead atoms. The van der Waals surface area contributed by atoms with Crippen molar-refractivity contribution in [2.75, 3.05) is 6.61 Å². The Bertz CT molecular complexity index is 864. The van der Waals surface area contributed by atoms with Gasteiger partial charge in [-0.3, -0.25) is 13.9 Å². The fraction of sp³-hybridized carbons (Fsp3) is 0.500. The van der Waals surface area contributed by atoms with E-state index in [1.807, 2.05) is 0 Å². The molecule has 0 saturated carbocycles. The number of hydrogen-bond donors (Lipinski definition) is 5. The molecular weight excluding hydrogens is 371 g/mol. The second kappa shape index (κ2) is 6.17. The molecule has 132 valence electrons. The predicted molar refractivity (Wildman–Crippen MR) is 77.1 cm³/mol. The van der Waals surface area contributed by atoms with Crippen molar-refractivity contribution >= 4 is 30.6 Å². The average molecular weight is 383 g/mol. The summed E-state index contributed by atoms with van der Waals surface area (Å²) in [6, 6.07) is 0. The number of rotatable bonds is 4. The van der Waals surface area contributed by atoms with Crippen LogP contribution in [0.2, 0.25) is 5.28 Å². The number of H-pyrrole nitrogens is 1. The van der Waals surface area contributed by atoms with Crippen molar-refractivity contribution in [2.24, 2.45) is 0 Å². The van der Waals surface area contributed by atoms with E-state index in [9.17, 15) is 19.6 Å². The van der Waals surface area contributed by atoms with Gasteiger partial charge in [0.05, 0.1) is 12.9 Å². The minimum atomic E-state index is -4.78. The minimum Gasteiger partial charge on any atom is -0.387 e. The Morgan fingerprint density at radius 1 is 1.42 bits per heavy atom. The number of phosphoric ester groups is 1. The third-order valence-corrected chi connectivity index (χ3v) is 4.19. The molecule has 1 fully saturated rings. The summed E-state index contributed by atoms with van der Waals surface area (Å²) in [7, 11) is -4.78. The zero-order valence-corrected chi connectivity index (χ0v) is 13.3. The Labute approximate surface area is 137 Å². The standard InChI is InChI=1S/C10H12ClN4O8P/c11-10-14-4-7(12-2-13-8(4)18)15(10)9-6(17)5(16)3(23-9)1-22-24(19,20)21/h2-3,5-6,9,16-17H,1H2,(H,12,13,18)(H2,19,20,21)/t3-,5-,6-,9-/m1/s1. The number of imidazole rings is 1. The first-order chi connectivity index (χ1) is 11.2. The summed E-state index contributed by atoms with van der Waals surface area (Å²) in [5.41, 5.74) is -0.644. The summed E-state index contributed by atoms with van der Waals surface area (Å²) in [6.07, 6.45) is -4.46. The van der Waals surface area contributed by atoms with Gasteiger partial charge in [-0.15, -0.1) is 0 Å². The lowest BCUT2D eigenvalue weighted by molar-refractivity contribution is -0.0502. The fourth-order valence-electron chi connectivity index (χ4n) is 2.37. The summed E-state index contributed by atoms with van der Waals surface area (Å²) >= 11 is 5.96. The predicted octanol–water partition coefficient (Wildman–Crippen LogP) is -1.50. The lowest BCUT2D eigenvalue weighted by Crippen LogP contribution is -2.33. The van der Waals surface area contributed by atoms with Gasteiger partial charge in [0.15, 0.2) is 17.4 Å². The number of fused-ring (bicyclic) bond motifs is 1. The number of nitrogens with zero attached hydrogens (tertiary/aromatic N) is 3. The van der Waals surface area contributed by atoms with Crippen LogP contribution in [0.15, 0.2) is 11.1 Å². The Morgan fingerprint density at radius 2 is 2.12 bits per heavy atom. The molecule has 4 atom stereocenters. The van der Waals surface area contributed by atoms with Crippen molar-refractivity contribution in [1.29, 1.82) is 0 Å². The maximum atomic E-state index is 11.7. The highest BCUT2D eigenvalue weighted by molar-refractivity contribution is 7.46. The van der Waals surface area contributed by atoms with Crippen LogP contribution in [0, 0.1) is 0 Å². The van der Waals surface area contributed by atoms with Gasteiger partial charge in [0.1, 0.15) is 18.3 Å². The van der Waals surface area contributed by atoms with E-state index in [1.54, 1.807) is 0 Å².